The maximum Gasteiger partial charge on any atom is 0.227 e. The Bertz CT molecular complexity index is 571. The van der Waals surface area contributed by atoms with Gasteiger partial charge in [0.15, 0.2) is 0 Å². The molecule has 1 saturated heterocycles. The molecular weight excluding hydrogens is 320 g/mol. The fourth-order valence-corrected chi connectivity index (χ4v) is 2.74. The van der Waals surface area contributed by atoms with Gasteiger partial charge in [0, 0.05) is 38.4 Å². The highest BCUT2D eigenvalue weighted by molar-refractivity contribution is 6.00. The van der Waals surface area contributed by atoms with Crippen molar-refractivity contribution in [2.45, 2.75) is 26.7 Å². The van der Waals surface area contributed by atoms with Gasteiger partial charge in [0.25, 0.3) is 0 Å². The lowest BCUT2D eigenvalue weighted by atomic mass is 10.1. The molecule has 1 N–H and O–H groups in total. The second-order valence-electron chi connectivity index (χ2n) is 6.72. The zero-order chi connectivity index (χ0) is 18.2. The first-order chi connectivity index (χ1) is 12.0. The van der Waals surface area contributed by atoms with E-state index in [1.54, 1.807) is 12.0 Å². The number of anilines is 1. The van der Waals surface area contributed by atoms with Gasteiger partial charge in [-0.15, -0.1) is 0 Å². The van der Waals surface area contributed by atoms with E-state index in [9.17, 15) is 9.59 Å². The third-order valence-corrected chi connectivity index (χ3v) is 4.10. The number of nitrogens with zero attached hydrogens (tertiary/aromatic N) is 1. The Balaban J connectivity index is 1.76. The normalized spacial score (nSPS) is 17.2. The molecule has 25 heavy (non-hydrogen) atoms. The van der Waals surface area contributed by atoms with Gasteiger partial charge in [-0.05, 0) is 36.6 Å². The number of carbonyl (C=O) groups excluding carboxylic acids is 2. The molecule has 1 atom stereocenters. The maximum absolute atomic E-state index is 12.3. The number of benzene rings is 1. The average molecular weight is 348 g/mol. The highest BCUT2D eigenvalue weighted by atomic mass is 16.5. The molecule has 0 saturated carbocycles. The summed E-state index contributed by atoms with van der Waals surface area (Å²) in [5.74, 6) is 0.873. The lowest BCUT2D eigenvalue weighted by Gasteiger charge is -2.17. The van der Waals surface area contributed by atoms with E-state index in [-0.39, 0.29) is 24.2 Å². The van der Waals surface area contributed by atoms with Gasteiger partial charge < -0.3 is 19.7 Å². The molecule has 0 radical (unpaired) electrons. The van der Waals surface area contributed by atoms with Crippen LogP contribution in [0.2, 0.25) is 0 Å². The minimum absolute atomic E-state index is 0.0226. The molecule has 138 valence electrons. The highest BCUT2D eigenvalue weighted by Crippen LogP contribution is 2.26. The Labute approximate surface area is 149 Å². The monoisotopic (exact) mass is 348 g/mol. The molecule has 0 aliphatic carbocycles. The molecule has 1 unspecified atom stereocenters. The van der Waals surface area contributed by atoms with E-state index in [2.05, 4.69) is 19.2 Å². The van der Waals surface area contributed by atoms with Crippen LogP contribution in [0.4, 0.5) is 5.69 Å². The molecule has 1 aliphatic rings. The van der Waals surface area contributed by atoms with Gasteiger partial charge in [-0.2, -0.15) is 0 Å². The van der Waals surface area contributed by atoms with Crippen LogP contribution < -0.4 is 15.0 Å². The van der Waals surface area contributed by atoms with E-state index in [0.717, 1.165) is 24.5 Å². The van der Waals surface area contributed by atoms with Crippen molar-refractivity contribution in [2.75, 3.05) is 38.3 Å². The Morgan fingerprint density at radius 1 is 1.32 bits per heavy atom. The SMILES string of the molecule is COc1ccc(N2CC(C(=O)NCCCOCC(C)C)CC2=O)cc1. The third kappa shape index (κ3) is 5.74. The summed E-state index contributed by atoms with van der Waals surface area (Å²) in [7, 11) is 1.60. The second kappa shape index (κ2) is 9.42. The molecule has 6 nitrogen and oxygen atoms in total. The number of rotatable bonds is 9. The molecule has 6 heteroatoms. The average Bonchev–Trinajstić information content (AvgIpc) is 2.99. The minimum atomic E-state index is -0.300. The summed E-state index contributed by atoms with van der Waals surface area (Å²) in [6.45, 7) is 6.58. The summed E-state index contributed by atoms with van der Waals surface area (Å²) < 4.78 is 10.6. The topological polar surface area (TPSA) is 67.9 Å². The molecular formula is C19H28N2O4. The van der Waals surface area contributed by atoms with Crippen LogP contribution in [0.15, 0.2) is 24.3 Å². The molecule has 1 heterocycles. The summed E-state index contributed by atoms with van der Waals surface area (Å²) in [5, 5.41) is 2.91. The van der Waals surface area contributed by atoms with E-state index < -0.39 is 0 Å². The van der Waals surface area contributed by atoms with E-state index in [1.807, 2.05) is 24.3 Å². The molecule has 1 fully saturated rings. The standard InChI is InChI=1S/C19H28N2O4/c1-14(2)13-25-10-4-9-20-19(23)15-11-18(22)21(12-15)16-5-7-17(24-3)8-6-16/h5-8,14-15H,4,9-13H2,1-3H3,(H,20,23). The summed E-state index contributed by atoms with van der Waals surface area (Å²) in [5.41, 5.74) is 0.795. The van der Waals surface area contributed by atoms with Gasteiger partial charge >= 0.3 is 0 Å². The zero-order valence-corrected chi connectivity index (χ0v) is 15.3. The summed E-state index contributed by atoms with van der Waals surface area (Å²) in [4.78, 5) is 26.1. The Kier molecular flexibility index (Phi) is 7.25. The summed E-state index contributed by atoms with van der Waals surface area (Å²) in [6.07, 6.45) is 1.03. The highest BCUT2D eigenvalue weighted by Gasteiger charge is 2.34. The number of amides is 2. The largest absolute Gasteiger partial charge is 0.497 e. The fraction of sp³-hybridized carbons (Fsp3) is 0.579. The van der Waals surface area contributed by atoms with E-state index >= 15 is 0 Å². The molecule has 2 rings (SSSR count). The summed E-state index contributed by atoms with van der Waals surface area (Å²) >= 11 is 0. The third-order valence-electron chi connectivity index (χ3n) is 4.10. The van der Waals surface area contributed by atoms with Gasteiger partial charge in [-0.1, -0.05) is 13.8 Å². The first-order valence-corrected chi connectivity index (χ1v) is 8.81. The maximum atomic E-state index is 12.3. The summed E-state index contributed by atoms with van der Waals surface area (Å²) in [6, 6.07) is 7.30. The number of ether oxygens (including phenoxy) is 2. The van der Waals surface area contributed by atoms with Crippen LogP contribution in [0.5, 0.6) is 5.75 Å². The van der Waals surface area contributed by atoms with Crippen molar-refractivity contribution in [2.24, 2.45) is 11.8 Å². The minimum Gasteiger partial charge on any atom is -0.497 e. The number of hydrogen-bond donors (Lipinski definition) is 1. The van der Waals surface area contributed by atoms with Gasteiger partial charge in [0.2, 0.25) is 11.8 Å². The number of hydrogen-bond acceptors (Lipinski definition) is 4. The fourth-order valence-electron chi connectivity index (χ4n) is 2.74. The number of methoxy groups -OCH3 is 1. The van der Waals surface area contributed by atoms with Crippen LogP contribution in [0.3, 0.4) is 0 Å². The van der Waals surface area contributed by atoms with Crippen molar-refractivity contribution in [3.05, 3.63) is 24.3 Å². The van der Waals surface area contributed by atoms with Gasteiger partial charge in [0.1, 0.15) is 5.75 Å². The molecule has 1 aliphatic heterocycles. The van der Waals surface area contributed by atoms with Crippen LogP contribution in [0.25, 0.3) is 0 Å². The second-order valence-corrected chi connectivity index (χ2v) is 6.72. The Morgan fingerprint density at radius 3 is 2.68 bits per heavy atom. The van der Waals surface area contributed by atoms with Crippen LogP contribution in [-0.2, 0) is 14.3 Å². The van der Waals surface area contributed by atoms with Gasteiger partial charge in [0.05, 0.1) is 13.0 Å². The lowest BCUT2D eigenvalue weighted by molar-refractivity contribution is -0.126. The van der Waals surface area contributed by atoms with Crippen LogP contribution >= 0.6 is 0 Å². The van der Waals surface area contributed by atoms with Crippen LogP contribution in [-0.4, -0.2) is 45.2 Å². The predicted octanol–water partition coefficient (Wildman–Crippen LogP) is 2.23. The van der Waals surface area contributed by atoms with Crippen molar-refractivity contribution < 1.29 is 19.1 Å². The smallest absolute Gasteiger partial charge is 0.227 e. The quantitative estimate of drug-likeness (QED) is 0.695. The molecule has 0 spiro atoms. The van der Waals surface area contributed by atoms with E-state index in [4.69, 9.17) is 9.47 Å². The Hall–Kier alpha value is -2.08. The first kappa shape index (κ1) is 19.2. The lowest BCUT2D eigenvalue weighted by Crippen LogP contribution is -2.33. The van der Waals surface area contributed by atoms with Crippen molar-refractivity contribution in [3.63, 3.8) is 0 Å². The molecule has 2 amide bonds. The zero-order valence-electron chi connectivity index (χ0n) is 15.3. The number of nitrogens with one attached hydrogen (secondary N) is 1. The molecule has 1 aromatic rings. The predicted molar refractivity (Wildman–Crippen MR) is 96.7 cm³/mol. The van der Waals surface area contributed by atoms with Crippen molar-refractivity contribution in [3.8, 4) is 5.75 Å². The van der Waals surface area contributed by atoms with E-state index in [0.29, 0.717) is 25.6 Å². The van der Waals surface area contributed by atoms with Gasteiger partial charge in [-0.25, -0.2) is 0 Å². The van der Waals surface area contributed by atoms with Gasteiger partial charge in [-0.3, -0.25) is 9.59 Å². The molecule has 0 bridgehead atoms. The Morgan fingerprint density at radius 2 is 2.04 bits per heavy atom. The van der Waals surface area contributed by atoms with Crippen LogP contribution in [0.1, 0.15) is 26.7 Å². The van der Waals surface area contributed by atoms with Crippen LogP contribution in [0, 0.1) is 11.8 Å². The molecule has 1 aromatic carbocycles. The van der Waals surface area contributed by atoms with E-state index in [1.165, 1.54) is 0 Å². The molecule has 0 aromatic heterocycles. The van der Waals surface area contributed by atoms with Crippen molar-refractivity contribution in [1.29, 1.82) is 0 Å². The first-order valence-electron chi connectivity index (χ1n) is 8.81. The van der Waals surface area contributed by atoms with Crippen molar-refractivity contribution in [1.82, 2.24) is 5.32 Å². The number of carbonyl (C=O) groups is 2. The van der Waals surface area contributed by atoms with Crippen molar-refractivity contribution >= 4 is 17.5 Å².